The number of benzene rings is 1. The van der Waals surface area contributed by atoms with Gasteiger partial charge in [-0.25, -0.2) is 0 Å². The molecule has 1 aromatic heterocycles. The van der Waals surface area contributed by atoms with E-state index in [-0.39, 0.29) is 11.9 Å². The maximum atomic E-state index is 12.5. The average molecular weight is 364 g/mol. The Bertz CT molecular complexity index is 805. The van der Waals surface area contributed by atoms with Crippen molar-refractivity contribution in [1.82, 2.24) is 15.2 Å². The van der Waals surface area contributed by atoms with Crippen LogP contribution in [0, 0.1) is 0 Å². The highest BCUT2D eigenvalue weighted by atomic mass is 16.1. The molecule has 0 radical (unpaired) electrons. The van der Waals surface area contributed by atoms with Crippen molar-refractivity contribution in [3.05, 3.63) is 48.2 Å². The second kappa shape index (κ2) is 8.66. The normalized spacial score (nSPS) is 22.3. The van der Waals surface area contributed by atoms with E-state index in [2.05, 4.69) is 15.2 Å². The molecule has 1 aliphatic heterocycles. The average Bonchev–Trinajstić information content (AvgIpc) is 2.73. The lowest BCUT2D eigenvalue weighted by atomic mass is 9.92. The van der Waals surface area contributed by atoms with Gasteiger partial charge >= 0.3 is 0 Å². The van der Waals surface area contributed by atoms with Gasteiger partial charge in [0.1, 0.15) is 0 Å². The zero-order valence-corrected chi connectivity index (χ0v) is 15.9. The van der Waals surface area contributed by atoms with Crippen molar-refractivity contribution in [2.75, 3.05) is 13.1 Å². The fourth-order valence-corrected chi connectivity index (χ4v) is 4.58. The van der Waals surface area contributed by atoms with Crippen molar-refractivity contribution in [3.63, 3.8) is 0 Å². The van der Waals surface area contributed by atoms with Gasteiger partial charge in [-0.15, -0.1) is 0 Å². The number of hydrogen-bond donors (Lipinski definition) is 1. The number of carbonyl (C=O) groups is 1. The number of amides is 1. The van der Waals surface area contributed by atoms with E-state index < -0.39 is 0 Å². The fraction of sp³-hybridized carbons (Fsp3) is 0.478. The molecule has 1 unspecified atom stereocenters. The third-order valence-electron chi connectivity index (χ3n) is 5.99. The Balaban J connectivity index is 1.36. The molecule has 0 spiro atoms. The summed E-state index contributed by atoms with van der Waals surface area (Å²) < 4.78 is 0. The zero-order valence-electron chi connectivity index (χ0n) is 15.9. The van der Waals surface area contributed by atoms with Crippen LogP contribution in [0.4, 0.5) is 0 Å². The number of para-hydroxylation sites is 1. The molecule has 27 heavy (non-hydrogen) atoms. The number of aromatic nitrogens is 1. The second-order valence-corrected chi connectivity index (χ2v) is 7.89. The summed E-state index contributed by atoms with van der Waals surface area (Å²) >= 11 is 0. The summed E-state index contributed by atoms with van der Waals surface area (Å²) in [6.45, 7) is 2.19. The van der Waals surface area contributed by atoms with E-state index in [0.717, 1.165) is 35.5 Å². The molecule has 1 atom stereocenters. The molecule has 1 aliphatic carbocycles. The number of carbonyl (C=O) groups excluding carboxylic acids is 1. The van der Waals surface area contributed by atoms with Crippen LogP contribution in [0.25, 0.3) is 17.0 Å². The largest absolute Gasteiger partial charge is 0.349 e. The molecule has 1 aromatic carbocycles. The minimum Gasteiger partial charge on any atom is -0.349 e. The number of piperidine rings is 1. The summed E-state index contributed by atoms with van der Waals surface area (Å²) in [5, 5.41) is 4.30. The molecule has 1 amide bonds. The molecule has 1 saturated heterocycles. The SMILES string of the molecule is O=C(/C=C/c1ccnc2ccccc12)NC1CCCN(C2CCCCC2)C1. The van der Waals surface area contributed by atoms with Crippen LogP contribution in [0.2, 0.25) is 0 Å². The first-order valence-corrected chi connectivity index (χ1v) is 10.4. The molecule has 0 bridgehead atoms. The molecule has 1 saturated carbocycles. The number of rotatable bonds is 4. The Kier molecular flexibility index (Phi) is 5.83. The third-order valence-corrected chi connectivity index (χ3v) is 5.99. The van der Waals surface area contributed by atoms with Crippen molar-refractivity contribution in [1.29, 1.82) is 0 Å². The van der Waals surface area contributed by atoms with Gasteiger partial charge in [-0.3, -0.25) is 14.7 Å². The Labute approximate surface area is 161 Å². The van der Waals surface area contributed by atoms with Crippen LogP contribution < -0.4 is 5.32 Å². The zero-order chi connectivity index (χ0) is 18.5. The van der Waals surface area contributed by atoms with Gasteiger partial charge in [0.2, 0.25) is 5.91 Å². The Hall–Kier alpha value is -2.20. The number of likely N-dealkylation sites (tertiary alicyclic amines) is 1. The molecule has 4 rings (SSSR count). The second-order valence-electron chi connectivity index (χ2n) is 7.89. The van der Waals surface area contributed by atoms with Gasteiger partial charge in [0.05, 0.1) is 5.52 Å². The Morgan fingerprint density at radius 1 is 1.07 bits per heavy atom. The highest BCUT2D eigenvalue weighted by Crippen LogP contribution is 2.25. The van der Waals surface area contributed by atoms with E-state index in [0.29, 0.717) is 0 Å². The minimum atomic E-state index is 0.00591. The van der Waals surface area contributed by atoms with E-state index in [1.165, 1.54) is 45.1 Å². The van der Waals surface area contributed by atoms with Gasteiger partial charge in [0.15, 0.2) is 0 Å². The topological polar surface area (TPSA) is 45.2 Å². The molecular weight excluding hydrogens is 334 g/mol. The van der Waals surface area contributed by atoms with Gasteiger partial charge in [0.25, 0.3) is 0 Å². The van der Waals surface area contributed by atoms with Gasteiger partial charge in [0, 0.05) is 36.3 Å². The van der Waals surface area contributed by atoms with Crippen LogP contribution in [0.3, 0.4) is 0 Å². The predicted molar refractivity (Wildman–Crippen MR) is 110 cm³/mol. The first kappa shape index (κ1) is 18.2. The summed E-state index contributed by atoms with van der Waals surface area (Å²) in [4.78, 5) is 19.5. The molecule has 4 heteroatoms. The van der Waals surface area contributed by atoms with Crippen LogP contribution in [0.1, 0.15) is 50.5 Å². The summed E-state index contributed by atoms with van der Waals surface area (Å²) in [7, 11) is 0. The van der Waals surface area contributed by atoms with Crippen LogP contribution in [-0.4, -0.2) is 41.0 Å². The van der Waals surface area contributed by atoms with Crippen molar-refractivity contribution in [2.24, 2.45) is 0 Å². The lowest BCUT2D eigenvalue weighted by molar-refractivity contribution is -0.117. The van der Waals surface area contributed by atoms with E-state index in [4.69, 9.17) is 0 Å². The number of fused-ring (bicyclic) bond motifs is 1. The molecule has 1 N–H and O–H groups in total. The van der Waals surface area contributed by atoms with Crippen molar-refractivity contribution < 1.29 is 4.79 Å². The third kappa shape index (κ3) is 4.56. The van der Waals surface area contributed by atoms with Gasteiger partial charge < -0.3 is 5.32 Å². The first-order chi connectivity index (χ1) is 13.3. The summed E-state index contributed by atoms with van der Waals surface area (Å²) in [5.74, 6) is 0.00591. The number of pyridine rings is 1. The fourth-order valence-electron chi connectivity index (χ4n) is 4.58. The molecule has 142 valence electrons. The van der Waals surface area contributed by atoms with Crippen molar-refractivity contribution in [2.45, 2.75) is 57.0 Å². The predicted octanol–water partition coefficient (Wildman–Crippen LogP) is 4.16. The van der Waals surface area contributed by atoms with E-state index in [9.17, 15) is 4.79 Å². The van der Waals surface area contributed by atoms with Gasteiger partial charge in [-0.1, -0.05) is 37.5 Å². The van der Waals surface area contributed by atoms with Crippen LogP contribution in [0.5, 0.6) is 0 Å². The molecule has 2 aliphatic rings. The number of hydrogen-bond acceptors (Lipinski definition) is 3. The summed E-state index contributed by atoms with van der Waals surface area (Å²) in [5.41, 5.74) is 1.98. The Morgan fingerprint density at radius 2 is 1.93 bits per heavy atom. The van der Waals surface area contributed by atoms with Crippen LogP contribution >= 0.6 is 0 Å². The molecule has 2 heterocycles. The number of nitrogens with one attached hydrogen (secondary N) is 1. The monoisotopic (exact) mass is 363 g/mol. The highest BCUT2D eigenvalue weighted by Gasteiger charge is 2.27. The maximum absolute atomic E-state index is 12.5. The summed E-state index contributed by atoms with van der Waals surface area (Å²) in [6.07, 6.45) is 14.4. The van der Waals surface area contributed by atoms with Crippen LogP contribution in [-0.2, 0) is 4.79 Å². The standard InChI is InChI=1S/C23H29N3O/c27-23(13-12-18-14-15-24-22-11-5-4-10-21(18)22)25-19-7-6-16-26(17-19)20-8-2-1-3-9-20/h4-5,10-15,19-20H,1-3,6-9,16-17H2,(H,25,27)/b13-12+. The highest BCUT2D eigenvalue weighted by molar-refractivity contribution is 5.95. The molecule has 2 fully saturated rings. The van der Waals surface area contributed by atoms with E-state index in [1.54, 1.807) is 12.3 Å². The number of nitrogens with zero attached hydrogens (tertiary/aromatic N) is 2. The molecule has 2 aromatic rings. The van der Waals surface area contributed by atoms with E-state index in [1.807, 2.05) is 36.4 Å². The van der Waals surface area contributed by atoms with Crippen molar-refractivity contribution >= 4 is 22.9 Å². The molecular formula is C23H29N3O. The smallest absolute Gasteiger partial charge is 0.244 e. The minimum absolute atomic E-state index is 0.00591. The Morgan fingerprint density at radius 3 is 2.81 bits per heavy atom. The quantitative estimate of drug-likeness (QED) is 0.830. The lowest BCUT2D eigenvalue weighted by Gasteiger charge is -2.40. The maximum Gasteiger partial charge on any atom is 0.244 e. The van der Waals surface area contributed by atoms with E-state index >= 15 is 0 Å². The van der Waals surface area contributed by atoms with Gasteiger partial charge in [-0.05, 0) is 56.0 Å². The lowest BCUT2D eigenvalue weighted by Crippen LogP contribution is -2.51. The first-order valence-electron chi connectivity index (χ1n) is 10.4. The van der Waals surface area contributed by atoms with Gasteiger partial charge in [-0.2, -0.15) is 0 Å². The van der Waals surface area contributed by atoms with Crippen LogP contribution in [0.15, 0.2) is 42.6 Å². The van der Waals surface area contributed by atoms with Crippen molar-refractivity contribution in [3.8, 4) is 0 Å². The summed E-state index contributed by atoms with van der Waals surface area (Å²) in [6, 6.07) is 11.0. The molecule has 4 nitrogen and oxygen atoms in total.